The molecule has 26 heavy (non-hydrogen) atoms. The highest BCUT2D eigenvalue weighted by atomic mass is 79.9. The molecule has 0 fully saturated rings. The molecule has 0 saturated carbocycles. The van der Waals surface area contributed by atoms with Gasteiger partial charge >= 0.3 is 0 Å². The normalized spacial score (nSPS) is 10.9. The average molecular weight is 411 g/mol. The minimum absolute atomic E-state index is 0.0555. The molecule has 2 aromatic carbocycles. The molecular formula is C22H23BrN2O. The van der Waals surface area contributed by atoms with Gasteiger partial charge < -0.3 is 9.47 Å². The predicted octanol–water partition coefficient (Wildman–Crippen LogP) is 5.35. The number of hydrogen-bond acceptors (Lipinski definition) is 1. The first-order valence-corrected chi connectivity index (χ1v) is 9.58. The fourth-order valence-corrected chi connectivity index (χ4v) is 3.21. The van der Waals surface area contributed by atoms with Gasteiger partial charge in [-0.25, -0.2) is 0 Å². The van der Waals surface area contributed by atoms with Gasteiger partial charge in [0.2, 0.25) is 0 Å². The van der Waals surface area contributed by atoms with Crippen LogP contribution in [0.5, 0.6) is 0 Å². The smallest absolute Gasteiger partial charge is 0.254 e. The Labute approximate surface area is 163 Å². The number of aromatic nitrogens is 1. The molecular weight excluding hydrogens is 388 g/mol. The summed E-state index contributed by atoms with van der Waals surface area (Å²) in [6.45, 7) is 5.51. The molecule has 0 aliphatic heterocycles. The summed E-state index contributed by atoms with van der Waals surface area (Å²) in [5.74, 6) is 0.0555. The summed E-state index contributed by atoms with van der Waals surface area (Å²) in [6, 6.07) is 22.2. The van der Waals surface area contributed by atoms with Crippen molar-refractivity contribution < 1.29 is 4.79 Å². The average Bonchev–Trinajstić information content (AvgIpc) is 3.07. The second-order valence-corrected chi connectivity index (χ2v) is 7.56. The number of nitrogens with zero attached hydrogens (tertiary/aromatic N) is 2. The monoisotopic (exact) mass is 410 g/mol. The number of amides is 1. The molecule has 0 atom stereocenters. The topological polar surface area (TPSA) is 25.2 Å². The van der Waals surface area contributed by atoms with Gasteiger partial charge in [-0.1, -0.05) is 46.3 Å². The molecule has 4 heteroatoms. The van der Waals surface area contributed by atoms with Gasteiger partial charge in [0.25, 0.3) is 5.91 Å². The highest BCUT2D eigenvalue weighted by Crippen LogP contribution is 2.17. The molecule has 134 valence electrons. The van der Waals surface area contributed by atoms with E-state index in [1.54, 1.807) is 0 Å². The van der Waals surface area contributed by atoms with Gasteiger partial charge in [-0.15, -0.1) is 0 Å². The Bertz CT molecular complexity index is 853. The number of halogens is 1. The number of benzene rings is 2. The zero-order valence-electron chi connectivity index (χ0n) is 15.1. The number of rotatable bonds is 6. The molecule has 0 aliphatic carbocycles. The van der Waals surface area contributed by atoms with Crippen molar-refractivity contribution in [3.8, 4) is 0 Å². The molecule has 0 bridgehead atoms. The number of hydrogen-bond donors (Lipinski definition) is 0. The number of carbonyl (C=O) groups is 1. The van der Waals surface area contributed by atoms with E-state index in [9.17, 15) is 4.79 Å². The van der Waals surface area contributed by atoms with Gasteiger partial charge in [0.15, 0.2) is 0 Å². The molecule has 0 aliphatic rings. The molecule has 3 rings (SSSR count). The summed E-state index contributed by atoms with van der Waals surface area (Å²) in [7, 11) is 0. The van der Waals surface area contributed by atoms with E-state index in [4.69, 9.17) is 0 Å². The first-order chi connectivity index (χ1) is 12.5. The fraction of sp³-hybridized carbons (Fsp3) is 0.227. The van der Waals surface area contributed by atoms with E-state index in [-0.39, 0.29) is 11.9 Å². The molecule has 1 heterocycles. The SMILES string of the molecule is CC(C)N(Cc1cccn1Cc1ccccc1)C(=O)c1ccc(Br)cc1. The fourth-order valence-electron chi connectivity index (χ4n) is 2.95. The Morgan fingerprint density at radius 1 is 1.00 bits per heavy atom. The van der Waals surface area contributed by atoms with Crippen molar-refractivity contribution >= 4 is 21.8 Å². The minimum Gasteiger partial charge on any atom is -0.345 e. The van der Waals surface area contributed by atoms with Crippen LogP contribution in [-0.4, -0.2) is 21.4 Å². The Kier molecular flexibility index (Phi) is 5.94. The lowest BCUT2D eigenvalue weighted by Crippen LogP contribution is -2.37. The van der Waals surface area contributed by atoms with Crippen molar-refractivity contribution in [3.63, 3.8) is 0 Å². The van der Waals surface area contributed by atoms with Gasteiger partial charge in [0, 0.05) is 34.5 Å². The number of carbonyl (C=O) groups excluding carboxylic acids is 1. The van der Waals surface area contributed by atoms with Gasteiger partial charge in [-0.05, 0) is 55.8 Å². The van der Waals surface area contributed by atoms with Crippen molar-refractivity contribution in [1.82, 2.24) is 9.47 Å². The lowest BCUT2D eigenvalue weighted by molar-refractivity contribution is 0.0686. The van der Waals surface area contributed by atoms with E-state index in [1.807, 2.05) is 41.3 Å². The standard InChI is InChI=1S/C22H23BrN2O/c1-17(2)25(22(26)19-10-12-20(23)13-11-19)16-21-9-6-14-24(21)15-18-7-4-3-5-8-18/h3-14,17H,15-16H2,1-2H3. The van der Waals surface area contributed by atoms with Gasteiger partial charge in [0.1, 0.15) is 0 Å². The largest absolute Gasteiger partial charge is 0.345 e. The maximum Gasteiger partial charge on any atom is 0.254 e. The van der Waals surface area contributed by atoms with Crippen molar-refractivity contribution in [2.24, 2.45) is 0 Å². The van der Waals surface area contributed by atoms with Crippen LogP contribution >= 0.6 is 15.9 Å². The third-order valence-electron chi connectivity index (χ3n) is 4.43. The molecule has 3 aromatic rings. The summed E-state index contributed by atoms with van der Waals surface area (Å²) in [6.07, 6.45) is 2.07. The summed E-state index contributed by atoms with van der Waals surface area (Å²) in [4.78, 5) is 14.9. The van der Waals surface area contributed by atoms with Crippen molar-refractivity contribution in [3.05, 3.63) is 94.2 Å². The zero-order valence-corrected chi connectivity index (χ0v) is 16.7. The van der Waals surface area contributed by atoms with Crippen LogP contribution in [0.1, 0.15) is 35.5 Å². The molecule has 1 aromatic heterocycles. The highest BCUT2D eigenvalue weighted by molar-refractivity contribution is 9.10. The van der Waals surface area contributed by atoms with Crippen molar-refractivity contribution in [2.45, 2.75) is 33.0 Å². The van der Waals surface area contributed by atoms with Crippen LogP contribution in [0.15, 0.2) is 77.4 Å². The molecule has 0 unspecified atom stereocenters. The first kappa shape index (κ1) is 18.5. The zero-order chi connectivity index (χ0) is 18.5. The Morgan fingerprint density at radius 2 is 1.69 bits per heavy atom. The predicted molar refractivity (Wildman–Crippen MR) is 109 cm³/mol. The van der Waals surface area contributed by atoms with Crippen LogP contribution < -0.4 is 0 Å². The van der Waals surface area contributed by atoms with Crippen LogP contribution in [0.2, 0.25) is 0 Å². The molecule has 1 amide bonds. The molecule has 3 nitrogen and oxygen atoms in total. The summed E-state index contributed by atoms with van der Waals surface area (Å²) in [5, 5.41) is 0. The maximum absolute atomic E-state index is 13.0. The van der Waals surface area contributed by atoms with E-state index in [1.165, 1.54) is 5.56 Å². The van der Waals surface area contributed by atoms with Gasteiger partial charge in [-0.2, -0.15) is 0 Å². The third-order valence-corrected chi connectivity index (χ3v) is 4.96. The third kappa shape index (κ3) is 4.44. The highest BCUT2D eigenvalue weighted by Gasteiger charge is 2.20. The van der Waals surface area contributed by atoms with Crippen LogP contribution in [0.3, 0.4) is 0 Å². The Hall–Kier alpha value is -2.33. The minimum atomic E-state index is 0.0555. The quantitative estimate of drug-likeness (QED) is 0.537. The van der Waals surface area contributed by atoms with Gasteiger partial charge in [0.05, 0.1) is 6.54 Å². The molecule has 0 spiro atoms. The molecule has 0 N–H and O–H groups in total. The van der Waals surface area contributed by atoms with Crippen LogP contribution in [-0.2, 0) is 13.1 Å². The van der Waals surface area contributed by atoms with E-state index in [0.717, 1.165) is 16.7 Å². The Morgan fingerprint density at radius 3 is 2.35 bits per heavy atom. The van der Waals surface area contributed by atoms with Crippen LogP contribution in [0.4, 0.5) is 0 Å². The lowest BCUT2D eigenvalue weighted by atomic mass is 10.1. The molecule has 0 saturated heterocycles. The van der Waals surface area contributed by atoms with Crippen molar-refractivity contribution in [2.75, 3.05) is 0 Å². The summed E-state index contributed by atoms with van der Waals surface area (Å²) < 4.78 is 3.18. The van der Waals surface area contributed by atoms with E-state index in [2.05, 4.69) is 70.9 Å². The summed E-state index contributed by atoms with van der Waals surface area (Å²) >= 11 is 3.42. The van der Waals surface area contributed by atoms with Gasteiger partial charge in [-0.3, -0.25) is 4.79 Å². The van der Waals surface area contributed by atoms with E-state index in [0.29, 0.717) is 12.1 Å². The lowest BCUT2D eigenvalue weighted by Gasteiger charge is -2.27. The summed E-state index contributed by atoms with van der Waals surface area (Å²) in [5.41, 5.74) is 3.09. The van der Waals surface area contributed by atoms with Crippen LogP contribution in [0.25, 0.3) is 0 Å². The van der Waals surface area contributed by atoms with E-state index >= 15 is 0 Å². The first-order valence-electron chi connectivity index (χ1n) is 8.79. The van der Waals surface area contributed by atoms with Crippen LogP contribution in [0, 0.1) is 0 Å². The Balaban J connectivity index is 1.80. The molecule has 0 radical (unpaired) electrons. The van der Waals surface area contributed by atoms with Crippen molar-refractivity contribution in [1.29, 1.82) is 0 Å². The van der Waals surface area contributed by atoms with E-state index < -0.39 is 0 Å². The maximum atomic E-state index is 13.0. The second-order valence-electron chi connectivity index (χ2n) is 6.65. The second kappa shape index (κ2) is 8.37.